The average Bonchev–Trinajstić information content (AvgIpc) is 2.92. The quantitative estimate of drug-likeness (QED) is 0.779. The molecule has 7 nitrogen and oxygen atoms in total. The molecule has 0 radical (unpaired) electrons. The number of esters is 2. The Morgan fingerprint density at radius 2 is 1.69 bits per heavy atom. The highest BCUT2D eigenvalue weighted by Gasteiger charge is 2.22. The Balaban J connectivity index is 1.99. The predicted octanol–water partition coefficient (Wildman–Crippen LogP) is 2.96. The molecule has 1 amide bonds. The van der Waals surface area contributed by atoms with Crippen LogP contribution in [0.15, 0.2) is 24.3 Å². The summed E-state index contributed by atoms with van der Waals surface area (Å²) < 4.78 is 14.8. The predicted molar refractivity (Wildman–Crippen MR) is 97.0 cm³/mol. The van der Waals surface area contributed by atoms with Crippen molar-refractivity contribution in [3.05, 3.63) is 45.8 Å². The standard InChI is InChI=1S/C18H19NO6S/c1-10-11(2)26-16(15(10)18(22)24-4)19-14(20)9-25-17(21)12-5-7-13(23-3)8-6-12/h5-8H,9H2,1-4H3,(H,19,20). The largest absolute Gasteiger partial charge is 0.497 e. The summed E-state index contributed by atoms with van der Waals surface area (Å²) in [6, 6.07) is 6.33. The first kappa shape index (κ1) is 19.5. The van der Waals surface area contributed by atoms with E-state index in [-0.39, 0.29) is 0 Å². The Morgan fingerprint density at radius 3 is 2.27 bits per heavy atom. The van der Waals surface area contributed by atoms with Crippen LogP contribution in [0.2, 0.25) is 0 Å². The van der Waals surface area contributed by atoms with Gasteiger partial charge in [0.15, 0.2) is 6.61 Å². The molecule has 8 heteroatoms. The summed E-state index contributed by atoms with van der Waals surface area (Å²) in [6.07, 6.45) is 0. The third-order valence-electron chi connectivity index (χ3n) is 3.69. The van der Waals surface area contributed by atoms with Crippen molar-refractivity contribution >= 4 is 34.2 Å². The molecule has 0 saturated heterocycles. The van der Waals surface area contributed by atoms with E-state index in [9.17, 15) is 14.4 Å². The second-order valence-corrected chi connectivity index (χ2v) is 6.56. The highest BCUT2D eigenvalue weighted by Crippen LogP contribution is 2.32. The third kappa shape index (κ3) is 4.40. The van der Waals surface area contributed by atoms with Gasteiger partial charge >= 0.3 is 11.9 Å². The molecule has 0 unspecified atom stereocenters. The van der Waals surface area contributed by atoms with Crippen LogP contribution >= 0.6 is 11.3 Å². The van der Waals surface area contributed by atoms with E-state index in [0.29, 0.717) is 21.9 Å². The van der Waals surface area contributed by atoms with Crippen molar-refractivity contribution < 1.29 is 28.6 Å². The number of carbonyl (C=O) groups excluding carboxylic acids is 3. The molecule has 1 heterocycles. The number of hydrogen-bond donors (Lipinski definition) is 1. The fourth-order valence-electron chi connectivity index (χ4n) is 2.17. The SMILES string of the molecule is COC(=O)c1c(NC(=O)COC(=O)c2ccc(OC)cc2)sc(C)c1C. The summed E-state index contributed by atoms with van der Waals surface area (Å²) >= 11 is 1.26. The maximum atomic E-state index is 12.1. The summed E-state index contributed by atoms with van der Waals surface area (Å²) in [6.45, 7) is 3.14. The van der Waals surface area contributed by atoms with E-state index in [0.717, 1.165) is 10.4 Å². The molecule has 2 rings (SSSR count). The van der Waals surface area contributed by atoms with Crippen molar-refractivity contribution in [1.82, 2.24) is 0 Å². The zero-order valence-corrected chi connectivity index (χ0v) is 15.7. The summed E-state index contributed by atoms with van der Waals surface area (Å²) in [5.74, 6) is -1.09. The van der Waals surface area contributed by atoms with Crippen LogP contribution in [-0.2, 0) is 14.3 Å². The van der Waals surface area contributed by atoms with Gasteiger partial charge in [0, 0.05) is 4.88 Å². The molecule has 138 valence electrons. The molecule has 1 aromatic heterocycles. The number of carbonyl (C=O) groups is 3. The third-order valence-corrected chi connectivity index (χ3v) is 4.81. The molecule has 0 bridgehead atoms. The highest BCUT2D eigenvalue weighted by atomic mass is 32.1. The van der Waals surface area contributed by atoms with Gasteiger partial charge in [-0.3, -0.25) is 4.79 Å². The Kier molecular flexibility index (Phi) is 6.35. The zero-order valence-electron chi connectivity index (χ0n) is 14.9. The zero-order chi connectivity index (χ0) is 19.3. The van der Waals surface area contributed by atoms with E-state index in [4.69, 9.17) is 14.2 Å². The normalized spacial score (nSPS) is 10.2. The fourth-order valence-corrected chi connectivity index (χ4v) is 3.23. The van der Waals surface area contributed by atoms with E-state index in [1.54, 1.807) is 31.2 Å². The second-order valence-electron chi connectivity index (χ2n) is 5.33. The Labute approximate surface area is 154 Å². The van der Waals surface area contributed by atoms with Crippen LogP contribution in [0.25, 0.3) is 0 Å². The van der Waals surface area contributed by atoms with Crippen LogP contribution in [0.4, 0.5) is 5.00 Å². The molecule has 1 aromatic carbocycles. The minimum absolute atomic E-state index is 0.302. The molecule has 2 aromatic rings. The minimum Gasteiger partial charge on any atom is -0.497 e. The van der Waals surface area contributed by atoms with Gasteiger partial charge in [-0.25, -0.2) is 9.59 Å². The van der Waals surface area contributed by atoms with Crippen LogP contribution in [0.3, 0.4) is 0 Å². The lowest BCUT2D eigenvalue weighted by atomic mass is 10.1. The summed E-state index contributed by atoms with van der Waals surface area (Å²) in [7, 11) is 2.80. The Morgan fingerprint density at radius 1 is 1.04 bits per heavy atom. The van der Waals surface area contributed by atoms with E-state index in [1.807, 2.05) is 6.92 Å². The lowest BCUT2D eigenvalue weighted by molar-refractivity contribution is -0.119. The van der Waals surface area contributed by atoms with Crippen molar-refractivity contribution in [3.63, 3.8) is 0 Å². The molecule has 0 atom stereocenters. The van der Waals surface area contributed by atoms with E-state index in [1.165, 1.54) is 25.6 Å². The molecular weight excluding hydrogens is 358 g/mol. The molecule has 0 aliphatic heterocycles. The second kappa shape index (κ2) is 8.48. The van der Waals surface area contributed by atoms with Gasteiger partial charge in [-0.15, -0.1) is 11.3 Å². The molecule has 0 fully saturated rings. The van der Waals surface area contributed by atoms with Gasteiger partial charge in [0.25, 0.3) is 5.91 Å². The van der Waals surface area contributed by atoms with Gasteiger partial charge in [0.2, 0.25) is 0 Å². The number of aryl methyl sites for hydroxylation is 1. The van der Waals surface area contributed by atoms with E-state index >= 15 is 0 Å². The van der Waals surface area contributed by atoms with Crippen molar-refractivity contribution in [2.24, 2.45) is 0 Å². The van der Waals surface area contributed by atoms with Crippen LogP contribution in [-0.4, -0.2) is 38.7 Å². The van der Waals surface area contributed by atoms with Crippen LogP contribution in [0, 0.1) is 13.8 Å². The van der Waals surface area contributed by atoms with Crippen molar-refractivity contribution in [3.8, 4) is 5.75 Å². The highest BCUT2D eigenvalue weighted by molar-refractivity contribution is 7.16. The molecular formula is C18H19NO6S. The number of rotatable bonds is 6. The van der Waals surface area contributed by atoms with Gasteiger partial charge in [-0.05, 0) is 43.7 Å². The van der Waals surface area contributed by atoms with Crippen LogP contribution < -0.4 is 10.1 Å². The van der Waals surface area contributed by atoms with E-state index in [2.05, 4.69) is 5.32 Å². The summed E-state index contributed by atoms with van der Waals surface area (Å²) in [5.41, 5.74) is 1.36. The maximum Gasteiger partial charge on any atom is 0.341 e. The van der Waals surface area contributed by atoms with Crippen molar-refractivity contribution in [2.75, 3.05) is 26.1 Å². The number of thiophene rings is 1. The molecule has 0 aliphatic rings. The van der Waals surface area contributed by atoms with Crippen molar-refractivity contribution in [2.45, 2.75) is 13.8 Å². The fraction of sp³-hybridized carbons (Fsp3) is 0.278. The average molecular weight is 377 g/mol. The Bertz CT molecular complexity index is 825. The Hall–Kier alpha value is -2.87. The number of anilines is 1. The number of hydrogen-bond acceptors (Lipinski definition) is 7. The lowest BCUT2D eigenvalue weighted by Gasteiger charge is -2.07. The molecule has 0 aliphatic carbocycles. The van der Waals surface area contributed by atoms with Crippen LogP contribution in [0.5, 0.6) is 5.75 Å². The summed E-state index contributed by atoms with van der Waals surface area (Å²) in [4.78, 5) is 36.8. The van der Waals surface area contributed by atoms with Gasteiger partial charge in [-0.1, -0.05) is 0 Å². The summed E-state index contributed by atoms with van der Waals surface area (Å²) in [5, 5.41) is 2.97. The number of amides is 1. The van der Waals surface area contributed by atoms with Crippen molar-refractivity contribution in [1.29, 1.82) is 0 Å². The smallest absolute Gasteiger partial charge is 0.341 e. The number of ether oxygens (including phenoxy) is 3. The first-order chi connectivity index (χ1) is 12.4. The molecule has 26 heavy (non-hydrogen) atoms. The molecule has 0 spiro atoms. The topological polar surface area (TPSA) is 90.9 Å². The first-order valence-electron chi connectivity index (χ1n) is 7.66. The number of benzene rings is 1. The number of nitrogens with one attached hydrogen (secondary N) is 1. The van der Waals surface area contributed by atoms with Gasteiger partial charge < -0.3 is 19.5 Å². The maximum absolute atomic E-state index is 12.1. The first-order valence-corrected chi connectivity index (χ1v) is 8.48. The molecule has 0 saturated carbocycles. The lowest BCUT2D eigenvalue weighted by Crippen LogP contribution is -2.21. The van der Waals surface area contributed by atoms with Gasteiger partial charge in [0.05, 0.1) is 25.3 Å². The van der Waals surface area contributed by atoms with Gasteiger partial charge in [0.1, 0.15) is 10.8 Å². The minimum atomic E-state index is -0.630. The van der Waals surface area contributed by atoms with Gasteiger partial charge in [-0.2, -0.15) is 0 Å². The van der Waals surface area contributed by atoms with E-state index < -0.39 is 24.5 Å². The number of methoxy groups -OCH3 is 2. The van der Waals surface area contributed by atoms with Crippen LogP contribution in [0.1, 0.15) is 31.2 Å². The monoisotopic (exact) mass is 377 g/mol. The molecule has 1 N–H and O–H groups in total.